The molecule has 5 heteroatoms. The summed E-state index contributed by atoms with van der Waals surface area (Å²) in [7, 11) is 0. The second-order valence-electron chi connectivity index (χ2n) is 5.16. The molecule has 3 nitrogen and oxygen atoms in total. The Labute approximate surface area is 123 Å². The summed E-state index contributed by atoms with van der Waals surface area (Å²) in [6.45, 7) is 1.99. The Kier molecular flexibility index (Phi) is 4.93. The maximum Gasteiger partial charge on any atom is 0.261 e. The Hall–Kier alpha value is -0.940. The third-order valence-electron chi connectivity index (χ3n) is 3.68. The van der Waals surface area contributed by atoms with E-state index in [1.807, 2.05) is 19.1 Å². The molecule has 0 saturated heterocycles. The zero-order chi connectivity index (χ0) is 13.8. The number of nitrogens with two attached hydrogens (primary N) is 1. The zero-order valence-corrected chi connectivity index (χ0v) is 12.8. The van der Waals surface area contributed by atoms with Crippen LogP contribution in [0.5, 0.6) is 0 Å². The predicted octanol–water partition coefficient (Wildman–Crippen LogP) is 3.02. The van der Waals surface area contributed by atoms with Crippen LogP contribution >= 0.6 is 23.6 Å². The molecule has 3 N–H and O–H groups in total. The standard InChI is InChI=1S/C14H20N2OS2/c1-9-7-8-11(19-9)14(17)16-12(13(15)18)10-5-3-2-4-6-10/h7-8,10,12H,2-6H2,1H3,(H2,15,18)(H,16,17). The molecule has 19 heavy (non-hydrogen) atoms. The van der Waals surface area contributed by atoms with E-state index >= 15 is 0 Å². The molecular weight excluding hydrogens is 276 g/mol. The molecule has 0 aromatic carbocycles. The summed E-state index contributed by atoms with van der Waals surface area (Å²) >= 11 is 6.64. The third kappa shape index (κ3) is 3.76. The van der Waals surface area contributed by atoms with Crippen molar-refractivity contribution in [2.45, 2.75) is 45.1 Å². The van der Waals surface area contributed by atoms with Crippen LogP contribution in [0.3, 0.4) is 0 Å². The monoisotopic (exact) mass is 296 g/mol. The van der Waals surface area contributed by atoms with Crippen LogP contribution in [0.25, 0.3) is 0 Å². The lowest BCUT2D eigenvalue weighted by molar-refractivity contribution is 0.0936. The van der Waals surface area contributed by atoms with Gasteiger partial charge in [-0.25, -0.2) is 0 Å². The van der Waals surface area contributed by atoms with Crippen molar-refractivity contribution in [2.75, 3.05) is 0 Å². The Morgan fingerprint density at radius 1 is 1.42 bits per heavy atom. The molecule has 2 rings (SSSR count). The quantitative estimate of drug-likeness (QED) is 0.840. The molecule has 1 fully saturated rings. The van der Waals surface area contributed by atoms with Crippen molar-refractivity contribution in [3.05, 3.63) is 21.9 Å². The number of rotatable bonds is 4. The number of thiophene rings is 1. The highest BCUT2D eigenvalue weighted by atomic mass is 32.1. The van der Waals surface area contributed by atoms with Crippen LogP contribution < -0.4 is 11.1 Å². The van der Waals surface area contributed by atoms with Crippen molar-refractivity contribution >= 4 is 34.5 Å². The molecule has 0 radical (unpaired) electrons. The molecule has 1 aliphatic rings. The van der Waals surface area contributed by atoms with Crippen LogP contribution in [0.2, 0.25) is 0 Å². The van der Waals surface area contributed by atoms with Crippen molar-refractivity contribution in [1.29, 1.82) is 0 Å². The zero-order valence-electron chi connectivity index (χ0n) is 11.1. The number of hydrogen-bond acceptors (Lipinski definition) is 3. The van der Waals surface area contributed by atoms with E-state index in [1.54, 1.807) is 0 Å². The summed E-state index contributed by atoms with van der Waals surface area (Å²) in [4.78, 5) is 14.5. The van der Waals surface area contributed by atoms with Gasteiger partial charge >= 0.3 is 0 Å². The lowest BCUT2D eigenvalue weighted by atomic mass is 9.84. The maximum atomic E-state index is 12.2. The molecule has 1 unspecified atom stereocenters. The molecule has 1 amide bonds. The van der Waals surface area contributed by atoms with E-state index in [4.69, 9.17) is 18.0 Å². The lowest BCUT2D eigenvalue weighted by Crippen LogP contribution is -2.48. The average Bonchev–Trinajstić information content (AvgIpc) is 2.83. The number of carbonyl (C=O) groups excluding carboxylic acids is 1. The van der Waals surface area contributed by atoms with Crippen LogP contribution in [0.4, 0.5) is 0 Å². The SMILES string of the molecule is Cc1ccc(C(=O)NC(C(N)=S)C2CCCCC2)s1. The minimum Gasteiger partial charge on any atom is -0.392 e. The predicted molar refractivity (Wildman–Crippen MR) is 83.7 cm³/mol. The Bertz CT molecular complexity index is 464. The van der Waals surface area contributed by atoms with Crippen LogP contribution in [0.15, 0.2) is 12.1 Å². The van der Waals surface area contributed by atoms with E-state index in [-0.39, 0.29) is 11.9 Å². The summed E-state index contributed by atoms with van der Waals surface area (Å²) < 4.78 is 0. The number of hydrogen-bond donors (Lipinski definition) is 2. The summed E-state index contributed by atoms with van der Waals surface area (Å²) in [5.74, 6) is 0.345. The van der Waals surface area contributed by atoms with Gasteiger partial charge in [-0.05, 0) is 37.8 Å². The second kappa shape index (κ2) is 6.48. The average molecular weight is 296 g/mol. The van der Waals surface area contributed by atoms with Gasteiger partial charge in [-0.2, -0.15) is 0 Å². The van der Waals surface area contributed by atoms with E-state index in [0.29, 0.717) is 10.9 Å². The van der Waals surface area contributed by atoms with Crippen molar-refractivity contribution < 1.29 is 4.79 Å². The highest BCUT2D eigenvalue weighted by Gasteiger charge is 2.27. The smallest absolute Gasteiger partial charge is 0.261 e. The van der Waals surface area contributed by atoms with Crippen LogP contribution in [0.1, 0.15) is 46.7 Å². The first-order chi connectivity index (χ1) is 9.08. The summed E-state index contributed by atoms with van der Waals surface area (Å²) in [5, 5.41) is 3.02. The Morgan fingerprint density at radius 3 is 2.63 bits per heavy atom. The first-order valence-corrected chi connectivity index (χ1v) is 7.97. The van der Waals surface area contributed by atoms with Gasteiger partial charge in [0.2, 0.25) is 0 Å². The van der Waals surface area contributed by atoms with E-state index in [9.17, 15) is 4.79 Å². The third-order valence-corrected chi connectivity index (χ3v) is 4.93. The molecule has 1 saturated carbocycles. The number of amides is 1. The summed E-state index contributed by atoms with van der Waals surface area (Å²) in [6, 6.07) is 3.65. The van der Waals surface area contributed by atoms with Gasteiger partial charge in [-0.3, -0.25) is 4.79 Å². The number of carbonyl (C=O) groups is 1. The van der Waals surface area contributed by atoms with E-state index in [0.717, 1.165) is 22.6 Å². The topological polar surface area (TPSA) is 55.1 Å². The Morgan fingerprint density at radius 2 is 2.11 bits per heavy atom. The lowest BCUT2D eigenvalue weighted by Gasteiger charge is -2.30. The van der Waals surface area contributed by atoms with Crippen molar-refractivity contribution in [3.8, 4) is 0 Å². The summed E-state index contributed by atoms with van der Waals surface area (Å²) in [6.07, 6.45) is 5.89. The normalized spacial score (nSPS) is 17.9. The maximum absolute atomic E-state index is 12.2. The van der Waals surface area contributed by atoms with Crippen molar-refractivity contribution in [1.82, 2.24) is 5.32 Å². The van der Waals surface area contributed by atoms with Gasteiger partial charge in [0.1, 0.15) is 0 Å². The van der Waals surface area contributed by atoms with Crippen LogP contribution in [-0.2, 0) is 0 Å². The molecule has 104 valence electrons. The molecule has 0 aliphatic heterocycles. The van der Waals surface area contributed by atoms with Gasteiger partial charge in [0, 0.05) is 4.88 Å². The summed E-state index contributed by atoms with van der Waals surface area (Å²) in [5.41, 5.74) is 5.82. The van der Waals surface area contributed by atoms with Crippen molar-refractivity contribution in [2.24, 2.45) is 11.7 Å². The molecule has 1 aliphatic carbocycles. The highest BCUT2D eigenvalue weighted by molar-refractivity contribution is 7.80. The van der Waals surface area contributed by atoms with Gasteiger partial charge in [-0.15, -0.1) is 11.3 Å². The fourth-order valence-corrected chi connectivity index (χ4v) is 3.68. The highest BCUT2D eigenvalue weighted by Crippen LogP contribution is 2.27. The van der Waals surface area contributed by atoms with Gasteiger partial charge in [-0.1, -0.05) is 31.5 Å². The number of aryl methyl sites for hydroxylation is 1. The van der Waals surface area contributed by atoms with Crippen LogP contribution in [-0.4, -0.2) is 16.9 Å². The van der Waals surface area contributed by atoms with E-state index in [2.05, 4.69) is 5.32 Å². The second-order valence-corrected chi connectivity index (χ2v) is 6.92. The molecule has 1 atom stereocenters. The van der Waals surface area contributed by atoms with Gasteiger partial charge < -0.3 is 11.1 Å². The molecule has 1 aromatic rings. The number of thiocarbonyl (C=S) groups is 1. The Balaban J connectivity index is 2.04. The van der Waals surface area contributed by atoms with E-state index < -0.39 is 0 Å². The first kappa shape index (κ1) is 14.5. The fraction of sp³-hybridized carbons (Fsp3) is 0.571. The fourth-order valence-electron chi connectivity index (χ4n) is 2.66. The van der Waals surface area contributed by atoms with Gasteiger partial charge in [0.25, 0.3) is 5.91 Å². The van der Waals surface area contributed by atoms with Gasteiger partial charge in [0.15, 0.2) is 0 Å². The van der Waals surface area contributed by atoms with E-state index in [1.165, 1.54) is 30.6 Å². The minimum atomic E-state index is -0.162. The first-order valence-electron chi connectivity index (χ1n) is 6.74. The largest absolute Gasteiger partial charge is 0.392 e. The van der Waals surface area contributed by atoms with Crippen molar-refractivity contribution in [3.63, 3.8) is 0 Å². The minimum absolute atomic E-state index is 0.0542. The van der Waals surface area contributed by atoms with Crippen LogP contribution in [0, 0.1) is 12.8 Å². The van der Waals surface area contributed by atoms with Gasteiger partial charge in [0.05, 0.1) is 15.9 Å². The molecule has 1 heterocycles. The molecule has 0 spiro atoms. The number of nitrogens with one attached hydrogen (secondary N) is 1. The molecular formula is C14H20N2OS2. The molecule has 0 bridgehead atoms. The molecule has 1 aromatic heterocycles.